The lowest BCUT2D eigenvalue weighted by Crippen LogP contribution is -2.35. The van der Waals surface area contributed by atoms with E-state index in [0.29, 0.717) is 88.3 Å². The molecule has 0 aliphatic carbocycles. The second-order valence-corrected chi connectivity index (χ2v) is 11.7. The predicted molar refractivity (Wildman–Crippen MR) is 180 cm³/mol. The highest BCUT2D eigenvalue weighted by Gasteiger charge is 2.21. The van der Waals surface area contributed by atoms with E-state index < -0.39 is 6.10 Å². The Labute approximate surface area is 278 Å². The summed E-state index contributed by atoms with van der Waals surface area (Å²) in [5.74, 6) is 1.62. The van der Waals surface area contributed by atoms with E-state index in [0.717, 1.165) is 17.5 Å². The van der Waals surface area contributed by atoms with Crippen molar-refractivity contribution in [2.24, 2.45) is 0 Å². The van der Waals surface area contributed by atoms with E-state index in [9.17, 15) is 9.90 Å². The molecule has 1 aliphatic rings. The van der Waals surface area contributed by atoms with Gasteiger partial charge in [-0.3, -0.25) is 9.78 Å². The summed E-state index contributed by atoms with van der Waals surface area (Å²) in [7, 11) is 3.16. The van der Waals surface area contributed by atoms with Crippen molar-refractivity contribution < 1.29 is 19.4 Å². The first-order chi connectivity index (χ1) is 22.3. The number of benzene rings is 1. The number of aliphatic hydroxyl groups excluding tert-OH is 1. The molecule has 0 bridgehead atoms. The van der Waals surface area contributed by atoms with Crippen LogP contribution in [0.5, 0.6) is 11.6 Å². The van der Waals surface area contributed by atoms with E-state index in [1.54, 1.807) is 39.6 Å². The number of methoxy groups -OCH3 is 2. The summed E-state index contributed by atoms with van der Waals surface area (Å²) < 4.78 is 11.3. The summed E-state index contributed by atoms with van der Waals surface area (Å²) >= 11 is 13.9. The molecule has 2 atom stereocenters. The van der Waals surface area contributed by atoms with Gasteiger partial charge in [0.1, 0.15) is 0 Å². The molecule has 46 heavy (non-hydrogen) atoms. The first-order valence-corrected chi connectivity index (χ1v) is 15.7. The lowest BCUT2D eigenvalue weighted by atomic mass is 10.1. The lowest BCUT2D eigenvalue weighted by Gasteiger charge is -2.17. The average molecular weight is 667 g/mol. The third kappa shape index (κ3) is 7.86. The van der Waals surface area contributed by atoms with Crippen molar-refractivity contribution in [3.63, 3.8) is 0 Å². The molecule has 0 radical (unpaired) electrons. The van der Waals surface area contributed by atoms with E-state index in [1.165, 1.54) is 0 Å². The van der Waals surface area contributed by atoms with Gasteiger partial charge in [-0.15, -0.1) is 0 Å². The molecule has 13 heteroatoms. The fraction of sp³-hybridized carbons (Fsp3) is 0.333. The number of rotatable bonds is 14. The molecule has 11 nitrogen and oxygen atoms in total. The first kappa shape index (κ1) is 33.4. The highest BCUT2D eigenvalue weighted by atomic mass is 35.5. The van der Waals surface area contributed by atoms with Gasteiger partial charge in [-0.05, 0) is 37.6 Å². The standard InChI is InChI=1S/C33H37Cl2N7O4/c1-19(43)15-36-16-20-11-13-39-32(31(20)45-2)41-26-6-4-5-24(28(26)34)30-29(35)23(12-14-38-30)25-9-7-21(33(42-25)46-3)17-37-18-22-8-10-27(44)40-22/h4-7,9,11-14,19,22,36-37,43H,8,10,15-18H2,1-3H3,(H,39,41)(H,40,44). The zero-order valence-electron chi connectivity index (χ0n) is 25.9. The van der Waals surface area contributed by atoms with Gasteiger partial charge in [0.05, 0.1) is 47.4 Å². The Hall–Kier alpha value is -4.00. The van der Waals surface area contributed by atoms with Gasteiger partial charge in [-0.1, -0.05) is 41.4 Å². The first-order valence-electron chi connectivity index (χ1n) is 14.9. The molecular weight excluding hydrogens is 629 g/mol. The van der Waals surface area contributed by atoms with E-state index >= 15 is 0 Å². The zero-order valence-corrected chi connectivity index (χ0v) is 27.4. The molecule has 5 rings (SSSR count). The van der Waals surface area contributed by atoms with Crippen molar-refractivity contribution in [2.45, 2.75) is 45.0 Å². The Bertz CT molecular complexity index is 1690. The van der Waals surface area contributed by atoms with Crippen LogP contribution in [-0.2, 0) is 17.9 Å². The van der Waals surface area contributed by atoms with Crippen LogP contribution in [0.2, 0.25) is 10.0 Å². The maximum absolute atomic E-state index is 11.5. The normalized spacial score (nSPS) is 15.0. The molecule has 1 saturated heterocycles. The van der Waals surface area contributed by atoms with Crippen LogP contribution in [0.25, 0.3) is 22.5 Å². The largest absolute Gasteiger partial charge is 0.493 e. The Morgan fingerprint density at radius 1 is 0.978 bits per heavy atom. The minimum atomic E-state index is -0.468. The molecule has 2 unspecified atom stereocenters. The molecule has 1 fully saturated rings. The number of hydrogen-bond donors (Lipinski definition) is 5. The Kier molecular flexibility index (Phi) is 11.3. The smallest absolute Gasteiger partial charge is 0.220 e. The van der Waals surface area contributed by atoms with Crippen LogP contribution in [0, 0.1) is 0 Å². The van der Waals surface area contributed by atoms with Crippen molar-refractivity contribution in [3.05, 3.63) is 76.0 Å². The maximum atomic E-state index is 11.5. The topological polar surface area (TPSA) is 143 Å². The second kappa shape index (κ2) is 15.5. The number of nitrogens with one attached hydrogen (secondary N) is 4. The van der Waals surface area contributed by atoms with Gasteiger partial charge in [0.15, 0.2) is 11.6 Å². The van der Waals surface area contributed by atoms with Crippen molar-refractivity contribution in [1.82, 2.24) is 30.9 Å². The van der Waals surface area contributed by atoms with Crippen LogP contribution in [-0.4, -0.2) is 65.4 Å². The van der Waals surface area contributed by atoms with Crippen LogP contribution in [0.4, 0.5) is 11.5 Å². The van der Waals surface area contributed by atoms with Crippen molar-refractivity contribution in [3.8, 4) is 34.1 Å². The zero-order chi connectivity index (χ0) is 32.6. The molecule has 4 aromatic rings. The number of aliphatic hydroxyl groups is 1. The third-order valence-corrected chi connectivity index (χ3v) is 8.33. The molecule has 0 spiro atoms. The van der Waals surface area contributed by atoms with Crippen LogP contribution < -0.4 is 30.7 Å². The fourth-order valence-electron chi connectivity index (χ4n) is 5.27. The Morgan fingerprint density at radius 2 is 1.78 bits per heavy atom. The molecule has 4 heterocycles. The van der Waals surface area contributed by atoms with Gasteiger partial charge in [-0.25, -0.2) is 9.97 Å². The molecule has 1 aliphatic heterocycles. The van der Waals surface area contributed by atoms with Crippen LogP contribution >= 0.6 is 23.2 Å². The van der Waals surface area contributed by atoms with Crippen molar-refractivity contribution >= 4 is 40.6 Å². The number of carbonyl (C=O) groups excluding carboxylic acids is 1. The van der Waals surface area contributed by atoms with Crippen LogP contribution in [0.1, 0.15) is 30.9 Å². The number of carbonyl (C=O) groups is 1. The number of aromatic nitrogens is 3. The number of nitrogens with zero attached hydrogens (tertiary/aromatic N) is 3. The highest BCUT2D eigenvalue weighted by molar-refractivity contribution is 6.39. The third-order valence-electron chi connectivity index (χ3n) is 7.54. The van der Waals surface area contributed by atoms with Gasteiger partial charge >= 0.3 is 0 Å². The van der Waals surface area contributed by atoms with E-state index in [4.69, 9.17) is 37.7 Å². The summed E-state index contributed by atoms with van der Waals surface area (Å²) in [5, 5.41) is 23.2. The van der Waals surface area contributed by atoms with Gasteiger partial charge in [0.2, 0.25) is 11.8 Å². The summed E-state index contributed by atoms with van der Waals surface area (Å²) in [6.07, 6.45) is 4.27. The summed E-state index contributed by atoms with van der Waals surface area (Å²) in [6, 6.07) is 13.2. The molecule has 1 amide bonds. The lowest BCUT2D eigenvalue weighted by molar-refractivity contribution is -0.119. The minimum Gasteiger partial charge on any atom is -0.493 e. The van der Waals surface area contributed by atoms with Gasteiger partial charge < -0.3 is 35.8 Å². The van der Waals surface area contributed by atoms with Crippen molar-refractivity contribution in [1.29, 1.82) is 0 Å². The number of ether oxygens (including phenoxy) is 2. The molecule has 3 aromatic heterocycles. The number of anilines is 2. The van der Waals surface area contributed by atoms with Crippen LogP contribution in [0.3, 0.4) is 0 Å². The fourth-order valence-corrected chi connectivity index (χ4v) is 5.84. The maximum Gasteiger partial charge on any atom is 0.220 e. The summed E-state index contributed by atoms with van der Waals surface area (Å²) in [4.78, 5) is 25.3. The quantitative estimate of drug-likeness (QED) is 0.123. The van der Waals surface area contributed by atoms with Gasteiger partial charge in [0.25, 0.3) is 0 Å². The predicted octanol–water partition coefficient (Wildman–Crippen LogP) is 5.11. The van der Waals surface area contributed by atoms with E-state index in [1.807, 2.05) is 36.4 Å². The monoisotopic (exact) mass is 665 g/mol. The SMILES string of the molecule is COc1nc(-c2ccnc(-c3cccc(Nc4nccc(CNCC(C)O)c4OC)c3Cl)c2Cl)ccc1CNCC1CCC(=O)N1. The molecule has 5 N–H and O–H groups in total. The van der Waals surface area contributed by atoms with Crippen molar-refractivity contribution in [2.75, 3.05) is 32.6 Å². The molecular formula is C33H37Cl2N7O4. The summed E-state index contributed by atoms with van der Waals surface area (Å²) in [5.41, 5.74) is 4.77. The minimum absolute atomic E-state index is 0.0917. The number of pyridine rings is 3. The number of amides is 1. The van der Waals surface area contributed by atoms with Crippen LogP contribution in [0.15, 0.2) is 54.9 Å². The number of halogens is 2. The Balaban J connectivity index is 1.37. The molecule has 1 aromatic carbocycles. The highest BCUT2D eigenvalue weighted by Crippen LogP contribution is 2.41. The molecule has 0 saturated carbocycles. The average Bonchev–Trinajstić information content (AvgIpc) is 3.47. The summed E-state index contributed by atoms with van der Waals surface area (Å²) in [6.45, 7) is 3.86. The Morgan fingerprint density at radius 3 is 2.52 bits per heavy atom. The molecule has 242 valence electrons. The van der Waals surface area contributed by atoms with E-state index in [-0.39, 0.29) is 11.9 Å². The second-order valence-electron chi connectivity index (χ2n) is 10.9. The van der Waals surface area contributed by atoms with Gasteiger partial charge in [-0.2, -0.15) is 0 Å². The van der Waals surface area contributed by atoms with E-state index in [2.05, 4.69) is 31.2 Å². The van der Waals surface area contributed by atoms with Gasteiger partial charge in [0, 0.05) is 73.3 Å². The number of hydrogen-bond acceptors (Lipinski definition) is 10.